The number of carbonyl (C=O) groups is 1. The minimum absolute atomic E-state index is 0.120. The van der Waals surface area contributed by atoms with E-state index in [1.165, 1.54) is 7.11 Å². The highest BCUT2D eigenvalue weighted by atomic mass is 16.5. The Morgan fingerprint density at radius 1 is 1.52 bits per heavy atom. The number of morpholine rings is 1. The highest BCUT2D eigenvalue weighted by Gasteiger charge is 2.38. The van der Waals surface area contributed by atoms with E-state index in [4.69, 9.17) is 9.47 Å². The number of carbonyl (C=O) groups excluding carboxylic acids is 1. The van der Waals surface area contributed by atoms with E-state index in [2.05, 4.69) is 37.9 Å². The third kappa shape index (κ3) is 5.24. The summed E-state index contributed by atoms with van der Waals surface area (Å²) < 4.78 is 10.8. The summed E-state index contributed by atoms with van der Waals surface area (Å²) in [4.78, 5) is 14.6. The number of hydrogen-bond donors (Lipinski definition) is 1. The molecule has 1 rings (SSSR count). The Morgan fingerprint density at radius 3 is 2.71 bits per heavy atom. The van der Waals surface area contributed by atoms with Crippen molar-refractivity contribution in [2.75, 3.05) is 33.4 Å². The molecule has 1 aliphatic heterocycles. The Bertz CT molecular complexity index is 346. The molecule has 0 spiro atoms. The molecule has 5 heteroatoms. The Hall–Kier alpha value is -0.650. The van der Waals surface area contributed by atoms with Crippen molar-refractivity contribution in [2.45, 2.75) is 64.6 Å². The van der Waals surface area contributed by atoms with Crippen LogP contribution in [-0.4, -0.2) is 61.4 Å². The summed E-state index contributed by atoms with van der Waals surface area (Å²) in [6.07, 6.45) is 1.72. The molecule has 1 heterocycles. The summed E-state index contributed by atoms with van der Waals surface area (Å²) in [5, 5.41) is 3.35. The first-order valence-electron chi connectivity index (χ1n) is 7.95. The van der Waals surface area contributed by atoms with Gasteiger partial charge in [0.05, 0.1) is 19.3 Å². The van der Waals surface area contributed by atoms with Gasteiger partial charge in [-0.15, -0.1) is 0 Å². The second-order valence-corrected chi connectivity index (χ2v) is 6.88. The molecule has 0 aromatic heterocycles. The van der Waals surface area contributed by atoms with Gasteiger partial charge in [0.2, 0.25) is 0 Å². The van der Waals surface area contributed by atoms with Crippen LogP contribution in [0.25, 0.3) is 0 Å². The fourth-order valence-electron chi connectivity index (χ4n) is 3.00. The van der Waals surface area contributed by atoms with Gasteiger partial charge in [0.15, 0.2) is 0 Å². The van der Waals surface area contributed by atoms with Gasteiger partial charge in [-0.2, -0.15) is 0 Å². The molecule has 124 valence electrons. The van der Waals surface area contributed by atoms with Crippen molar-refractivity contribution in [2.24, 2.45) is 0 Å². The Kier molecular flexibility index (Phi) is 6.63. The maximum atomic E-state index is 12.2. The standard InChI is InChI=1S/C16H32N2O3/c1-7-8-17-16(5,14(19)20-6)11-13(2)18-9-10-21-15(3,4)12-18/h13,17H,7-12H2,1-6H3. The van der Waals surface area contributed by atoms with Crippen LogP contribution in [0.3, 0.4) is 0 Å². The first-order valence-corrected chi connectivity index (χ1v) is 7.95. The van der Waals surface area contributed by atoms with Crippen LogP contribution >= 0.6 is 0 Å². The quantitative estimate of drug-likeness (QED) is 0.727. The first kappa shape index (κ1) is 18.4. The Morgan fingerprint density at radius 2 is 2.19 bits per heavy atom. The topological polar surface area (TPSA) is 50.8 Å². The Labute approximate surface area is 129 Å². The molecule has 1 fully saturated rings. The van der Waals surface area contributed by atoms with Crippen molar-refractivity contribution in [3.8, 4) is 0 Å². The third-order valence-corrected chi connectivity index (χ3v) is 4.18. The molecule has 0 aliphatic carbocycles. The van der Waals surface area contributed by atoms with Gasteiger partial charge in [-0.1, -0.05) is 6.92 Å². The summed E-state index contributed by atoms with van der Waals surface area (Å²) in [5.41, 5.74) is -0.752. The molecule has 2 atom stereocenters. The average Bonchev–Trinajstić information content (AvgIpc) is 2.43. The fraction of sp³-hybridized carbons (Fsp3) is 0.938. The van der Waals surface area contributed by atoms with Crippen molar-refractivity contribution in [3.63, 3.8) is 0 Å². The van der Waals surface area contributed by atoms with Gasteiger partial charge in [0.25, 0.3) is 0 Å². The zero-order valence-electron chi connectivity index (χ0n) is 14.5. The van der Waals surface area contributed by atoms with Gasteiger partial charge in [0, 0.05) is 19.1 Å². The van der Waals surface area contributed by atoms with E-state index in [1.807, 2.05) is 6.92 Å². The lowest BCUT2D eigenvalue weighted by atomic mass is 9.91. The van der Waals surface area contributed by atoms with Gasteiger partial charge in [-0.25, -0.2) is 0 Å². The minimum atomic E-state index is -0.632. The number of esters is 1. The van der Waals surface area contributed by atoms with Crippen LogP contribution in [0.4, 0.5) is 0 Å². The number of rotatable bonds is 7. The summed E-state index contributed by atoms with van der Waals surface area (Å²) in [6, 6.07) is 0.293. The van der Waals surface area contributed by atoms with Gasteiger partial charge in [-0.3, -0.25) is 9.69 Å². The van der Waals surface area contributed by atoms with E-state index in [-0.39, 0.29) is 11.6 Å². The van der Waals surface area contributed by atoms with E-state index in [9.17, 15) is 4.79 Å². The largest absolute Gasteiger partial charge is 0.468 e. The molecular formula is C16H32N2O3. The first-order chi connectivity index (χ1) is 9.74. The molecule has 2 unspecified atom stereocenters. The van der Waals surface area contributed by atoms with E-state index >= 15 is 0 Å². The van der Waals surface area contributed by atoms with Crippen molar-refractivity contribution in [1.29, 1.82) is 0 Å². The zero-order chi connectivity index (χ0) is 16.1. The number of methoxy groups -OCH3 is 1. The van der Waals surface area contributed by atoms with Crippen molar-refractivity contribution >= 4 is 5.97 Å². The normalized spacial score (nSPS) is 23.3. The molecule has 21 heavy (non-hydrogen) atoms. The van der Waals surface area contributed by atoms with Gasteiger partial charge < -0.3 is 14.8 Å². The second-order valence-electron chi connectivity index (χ2n) is 6.88. The summed E-state index contributed by atoms with van der Waals surface area (Å²) in [6.45, 7) is 13.8. The maximum Gasteiger partial charge on any atom is 0.325 e. The third-order valence-electron chi connectivity index (χ3n) is 4.18. The van der Waals surface area contributed by atoms with Crippen molar-refractivity contribution in [1.82, 2.24) is 10.2 Å². The van der Waals surface area contributed by atoms with Crippen molar-refractivity contribution in [3.05, 3.63) is 0 Å². The lowest BCUT2D eigenvalue weighted by molar-refractivity contribution is -0.149. The van der Waals surface area contributed by atoms with Crippen LogP contribution in [-0.2, 0) is 14.3 Å². The SMILES string of the molecule is CCCNC(C)(CC(C)N1CCOC(C)(C)C1)C(=O)OC. The van der Waals surface area contributed by atoms with Crippen LogP contribution in [0.15, 0.2) is 0 Å². The van der Waals surface area contributed by atoms with E-state index in [1.54, 1.807) is 0 Å². The lowest BCUT2D eigenvalue weighted by Gasteiger charge is -2.43. The number of hydrogen-bond acceptors (Lipinski definition) is 5. The molecule has 0 aromatic carbocycles. The Balaban J connectivity index is 2.71. The van der Waals surface area contributed by atoms with Crippen LogP contribution in [0, 0.1) is 0 Å². The summed E-state index contributed by atoms with van der Waals surface area (Å²) in [7, 11) is 1.46. The summed E-state index contributed by atoms with van der Waals surface area (Å²) >= 11 is 0. The molecule has 0 bridgehead atoms. The second kappa shape index (κ2) is 7.56. The van der Waals surface area contributed by atoms with Crippen LogP contribution < -0.4 is 5.32 Å². The summed E-state index contributed by atoms with van der Waals surface area (Å²) in [5.74, 6) is -0.185. The molecular weight excluding hydrogens is 268 g/mol. The number of ether oxygens (including phenoxy) is 2. The minimum Gasteiger partial charge on any atom is -0.468 e. The van der Waals surface area contributed by atoms with Gasteiger partial charge in [-0.05, 0) is 47.1 Å². The van der Waals surface area contributed by atoms with Crippen molar-refractivity contribution < 1.29 is 14.3 Å². The highest BCUT2D eigenvalue weighted by molar-refractivity contribution is 5.80. The van der Waals surface area contributed by atoms with Gasteiger partial charge >= 0.3 is 5.97 Å². The lowest BCUT2D eigenvalue weighted by Crippen LogP contribution is -2.57. The van der Waals surface area contributed by atoms with Crippen LogP contribution in [0.5, 0.6) is 0 Å². The average molecular weight is 300 g/mol. The van der Waals surface area contributed by atoms with Crippen LogP contribution in [0.2, 0.25) is 0 Å². The molecule has 1 saturated heterocycles. The highest BCUT2D eigenvalue weighted by Crippen LogP contribution is 2.23. The maximum absolute atomic E-state index is 12.2. The number of nitrogens with zero attached hydrogens (tertiary/aromatic N) is 1. The monoisotopic (exact) mass is 300 g/mol. The van der Waals surface area contributed by atoms with Crippen LogP contribution in [0.1, 0.15) is 47.5 Å². The van der Waals surface area contributed by atoms with E-state index in [0.717, 1.165) is 39.1 Å². The smallest absolute Gasteiger partial charge is 0.325 e. The molecule has 1 N–H and O–H groups in total. The fourth-order valence-corrected chi connectivity index (χ4v) is 3.00. The van der Waals surface area contributed by atoms with E-state index in [0.29, 0.717) is 6.04 Å². The van der Waals surface area contributed by atoms with Gasteiger partial charge in [0.1, 0.15) is 5.54 Å². The number of nitrogens with one attached hydrogen (secondary N) is 1. The predicted molar refractivity (Wildman–Crippen MR) is 84.4 cm³/mol. The zero-order valence-corrected chi connectivity index (χ0v) is 14.5. The molecule has 0 saturated carbocycles. The molecule has 0 aromatic rings. The molecule has 5 nitrogen and oxygen atoms in total. The molecule has 0 radical (unpaired) electrons. The predicted octanol–water partition coefficient (Wildman–Crippen LogP) is 1.81. The molecule has 0 amide bonds. The van der Waals surface area contributed by atoms with E-state index < -0.39 is 5.54 Å². The molecule has 1 aliphatic rings.